The molecule has 2 N–H and O–H groups in total. The molecular weight excluding hydrogens is 430 g/mol. The lowest BCUT2D eigenvalue weighted by Crippen LogP contribution is -2.38. The Balaban J connectivity index is 1.66. The second-order valence-electron chi connectivity index (χ2n) is 5.84. The molecular formula is C17H15BrF2N2O3S. The van der Waals surface area contributed by atoms with Crippen LogP contribution in [0.25, 0.3) is 0 Å². The summed E-state index contributed by atoms with van der Waals surface area (Å²) in [6.07, 6.45) is 1.48. The Bertz CT molecular complexity index is 946. The molecule has 0 aliphatic heterocycles. The number of rotatable bonds is 5. The molecule has 2 aromatic rings. The van der Waals surface area contributed by atoms with Gasteiger partial charge < -0.3 is 5.32 Å². The van der Waals surface area contributed by atoms with Gasteiger partial charge in [-0.05, 0) is 42.2 Å². The predicted molar refractivity (Wildman–Crippen MR) is 94.9 cm³/mol. The summed E-state index contributed by atoms with van der Waals surface area (Å²) in [5.41, 5.74) is 2.07. The molecule has 0 spiro atoms. The number of benzene rings is 2. The normalized spacial score (nSPS) is 16.3. The minimum absolute atomic E-state index is 0.232. The van der Waals surface area contributed by atoms with Crippen molar-refractivity contribution in [2.75, 3.05) is 6.54 Å². The molecule has 1 atom stereocenters. The fourth-order valence-electron chi connectivity index (χ4n) is 2.98. The quantitative estimate of drug-likeness (QED) is 0.744. The first kappa shape index (κ1) is 18.9. The van der Waals surface area contributed by atoms with E-state index in [0.717, 1.165) is 40.2 Å². The summed E-state index contributed by atoms with van der Waals surface area (Å²) in [5.74, 6) is -3.01. The van der Waals surface area contributed by atoms with Crippen molar-refractivity contribution in [1.82, 2.24) is 10.0 Å². The van der Waals surface area contributed by atoms with Gasteiger partial charge in [-0.3, -0.25) is 4.79 Å². The Morgan fingerprint density at radius 3 is 2.50 bits per heavy atom. The Labute approximate surface area is 158 Å². The van der Waals surface area contributed by atoms with E-state index in [2.05, 4.69) is 21.2 Å². The number of carbonyl (C=O) groups excluding carboxylic acids is 1. The standard InChI is InChI=1S/C17H15BrF2N2O3S/c18-12-4-1-3-11-10(12)7-8-15(11)22-16(23)9-21-26(24,25)17-13(19)5-2-6-14(17)20/h1-6,15,21H,7-9H2,(H,22,23)/t15-/m0/s1. The van der Waals surface area contributed by atoms with Gasteiger partial charge in [0.05, 0.1) is 12.6 Å². The first-order valence-electron chi connectivity index (χ1n) is 7.80. The Morgan fingerprint density at radius 1 is 1.15 bits per heavy atom. The van der Waals surface area contributed by atoms with Crippen molar-refractivity contribution in [2.45, 2.75) is 23.8 Å². The fraction of sp³-hybridized carbons (Fsp3) is 0.235. The van der Waals surface area contributed by atoms with Gasteiger partial charge in [0.2, 0.25) is 15.9 Å². The lowest BCUT2D eigenvalue weighted by atomic mass is 10.1. The lowest BCUT2D eigenvalue weighted by molar-refractivity contribution is -0.120. The van der Waals surface area contributed by atoms with Crippen molar-refractivity contribution in [1.29, 1.82) is 0 Å². The molecule has 0 saturated carbocycles. The van der Waals surface area contributed by atoms with E-state index in [1.807, 2.05) is 22.9 Å². The van der Waals surface area contributed by atoms with Crippen LogP contribution >= 0.6 is 15.9 Å². The van der Waals surface area contributed by atoms with Crippen LogP contribution in [0.2, 0.25) is 0 Å². The molecule has 3 rings (SSSR count). The summed E-state index contributed by atoms with van der Waals surface area (Å²) in [5, 5.41) is 2.74. The lowest BCUT2D eigenvalue weighted by Gasteiger charge is -2.15. The molecule has 26 heavy (non-hydrogen) atoms. The molecule has 0 aromatic heterocycles. The second kappa shape index (κ2) is 7.42. The Morgan fingerprint density at radius 2 is 1.81 bits per heavy atom. The highest BCUT2D eigenvalue weighted by Gasteiger charge is 2.27. The summed E-state index contributed by atoms with van der Waals surface area (Å²) in [7, 11) is -4.49. The number of halogens is 3. The number of fused-ring (bicyclic) bond motifs is 1. The van der Waals surface area contributed by atoms with Crippen LogP contribution in [0.3, 0.4) is 0 Å². The van der Waals surface area contributed by atoms with Gasteiger partial charge in [-0.2, -0.15) is 0 Å². The molecule has 0 saturated heterocycles. The van der Waals surface area contributed by atoms with Crippen LogP contribution in [0.4, 0.5) is 8.78 Å². The van der Waals surface area contributed by atoms with Crippen molar-refractivity contribution in [3.63, 3.8) is 0 Å². The third-order valence-electron chi connectivity index (χ3n) is 4.16. The van der Waals surface area contributed by atoms with Crippen LogP contribution in [0.15, 0.2) is 45.8 Å². The van der Waals surface area contributed by atoms with Gasteiger partial charge in [0.15, 0.2) is 4.90 Å². The third kappa shape index (κ3) is 3.79. The van der Waals surface area contributed by atoms with Crippen LogP contribution < -0.4 is 10.0 Å². The number of hydrogen-bond donors (Lipinski definition) is 2. The van der Waals surface area contributed by atoms with Crippen LogP contribution in [0.1, 0.15) is 23.6 Å². The van der Waals surface area contributed by atoms with Crippen molar-refractivity contribution in [3.8, 4) is 0 Å². The largest absolute Gasteiger partial charge is 0.348 e. The predicted octanol–water partition coefficient (Wildman–Crippen LogP) is 2.81. The maximum atomic E-state index is 13.6. The van der Waals surface area contributed by atoms with Crippen LogP contribution in [-0.4, -0.2) is 20.9 Å². The minimum atomic E-state index is -4.49. The van der Waals surface area contributed by atoms with E-state index in [4.69, 9.17) is 0 Å². The van der Waals surface area contributed by atoms with E-state index in [1.165, 1.54) is 0 Å². The van der Waals surface area contributed by atoms with Crippen molar-refractivity contribution < 1.29 is 22.0 Å². The van der Waals surface area contributed by atoms with Gasteiger partial charge >= 0.3 is 0 Å². The fourth-order valence-corrected chi connectivity index (χ4v) is 4.67. The van der Waals surface area contributed by atoms with E-state index >= 15 is 0 Å². The molecule has 2 aromatic carbocycles. The molecule has 0 bridgehead atoms. The molecule has 1 aliphatic rings. The van der Waals surface area contributed by atoms with Gasteiger partial charge in [-0.1, -0.05) is 34.1 Å². The van der Waals surface area contributed by atoms with Crippen LogP contribution in [-0.2, 0) is 21.2 Å². The number of amides is 1. The summed E-state index contributed by atoms with van der Waals surface area (Å²) >= 11 is 3.46. The molecule has 9 heteroatoms. The third-order valence-corrected chi connectivity index (χ3v) is 6.35. The van der Waals surface area contributed by atoms with Crippen LogP contribution in [0, 0.1) is 11.6 Å². The van der Waals surface area contributed by atoms with Gasteiger partial charge in [0, 0.05) is 4.47 Å². The summed E-state index contributed by atoms with van der Waals surface area (Å²) in [6, 6.07) is 8.18. The molecule has 1 amide bonds. The molecule has 5 nitrogen and oxygen atoms in total. The zero-order valence-electron chi connectivity index (χ0n) is 13.4. The van der Waals surface area contributed by atoms with Crippen molar-refractivity contribution in [2.24, 2.45) is 0 Å². The Kier molecular flexibility index (Phi) is 5.40. The zero-order chi connectivity index (χ0) is 18.9. The molecule has 0 fully saturated rings. The highest BCUT2D eigenvalue weighted by Crippen LogP contribution is 2.35. The average molecular weight is 445 g/mol. The SMILES string of the molecule is O=C(CNS(=O)(=O)c1c(F)cccc1F)N[C@H]1CCc2c(Br)cccc21. The monoisotopic (exact) mass is 444 g/mol. The molecule has 0 radical (unpaired) electrons. The molecule has 138 valence electrons. The summed E-state index contributed by atoms with van der Waals surface area (Å²) < 4.78 is 54.3. The van der Waals surface area contributed by atoms with Crippen molar-refractivity contribution in [3.05, 3.63) is 63.6 Å². The number of carbonyl (C=O) groups is 1. The zero-order valence-corrected chi connectivity index (χ0v) is 15.8. The van der Waals surface area contributed by atoms with Gasteiger partial charge in [-0.15, -0.1) is 0 Å². The van der Waals surface area contributed by atoms with E-state index < -0.39 is 39.0 Å². The molecule has 0 heterocycles. The van der Waals surface area contributed by atoms with Gasteiger partial charge in [0.1, 0.15) is 11.6 Å². The Hall–Kier alpha value is -1.84. The highest BCUT2D eigenvalue weighted by molar-refractivity contribution is 9.10. The minimum Gasteiger partial charge on any atom is -0.348 e. The average Bonchev–Trinajstić information content (AvgIpc) is 2.97. The summed E-state index contributed by atoms with van der Waals surface area (Å²) in [4.78, 5) is 11.0. The number of nitrogens with one attached hydrogen (secondary N) is 2. The maximum Gasteiger partial charge on any atom is 0.246 e. The van der Waals surface area contributed by atoms with Gasteiger partial charge in [-0.25, -0.2) is 21.9 Å². The molecule has 1 aliphatic carbocycles. The van der Waals surface area contributed by atoms with E-state index in [1.54, 1.807) is 0 Å². The van der Waals surface area contributed by atoms with E-state index in [9.17, 15) is 22.0 Å². The van der Waals surface area contributed by atoms with Gasteiger partial charge in [0.25, 0.3) is 0 Å². The topological polar surface area (TPSA) is 75.3 Å². The first-order chi connectivity index (χ1) is 12.3. The van der Waals surface area contributed by atoms with Crippen molar-refractivity contribution >= 4 is 31.9 Å². The molecule has 0 unspecified atom stereocenters. The summed E-state index contributed by atoms with van der Waals surface area (Å²) in [6.45, 7) is -0.615. The second-order valence-corrected chi connectivity index (χ2v) is 8.40. The van der Waals surface area contributed by atoms with Crippen LogP contribution in [0.5, 0.6) is 0 Å². The number of sulfonamides is 1. The van der Waals surface area contributed by atoms with E-state index in [-0.39, 0.29) is 6.04 Å². The smallest absolute Gasteiger partial charge is 0.246 e. The van der Waals surface area contributed by atoms with E-state index in [0.29, 0.717) is 6.42 Å². The first-order valence-corrected chi connectivity index (χ1v) is 10.1. The maximum absolute atomic E-state index is 13.6. The highest BCUT2D eigenvalue weighted by atomic mass is 79.9. The number of hydrogen-bond acceptors (Lipinski definition) is 3.